The number of hydrogen-bond acceptors (Lipinski definition) is 4. The lowest BCUT2D eigenvalue weighted by Gasteiger charge is -2.16. The van der Waals surface area contributed by atoms with Crippen LogP contribution in [-0.4, -0.2) is 4.92 Å². The van der Waals surface area contributed by atoms with Crippen molar-refractivity contribution in [1.29, 1.82) is 5.26 Å². The van der Waals surface area contributed by atoms with Crippen LogP contribution < -0.4 is 5.32 Å². The second kappa shape index (κ2) is 6.01. The molecule has 1 N–H and O–H groups in total. The maximum atomic E-state index is 13.8. The zero-order chi connectivity index (χ0) is 15.4. The van der Waals surface area contributed by atoms with Crippen molar-refractivity contribution in [3.63, 3.8) is 0 Å². The fraction of sp³-hybridized carbons (Fsp3) is 0.133. The minimum Gasteiger partial charge on any atom is -0.376 e. The number of benzene rings is 2. The van der Waals surface area contributed by atoms with Gasteiger partial charge in [0.15, 0.2) is 0 Å². The first-order valence-corrected chi connectivity index (χ1v) is 6.22. The average molecular weight is 285 g/mol. The van der Waals surface area contributed by atoms with E-state index in [1.807, 2.05) is 6.07 Å². The minimum absolute atomic E-state index is 0.0125. The zero-order valence-corrected chi connectivity index (χ0v) is 11.2. The topological polar surface area (TPSA) is 79.0 Å². The molecule has 0 fully saturated rings. The summed E-state index contributed by atoms with van der Waals surface area (Å²) in [6, 6.07) is 11.8. The van der Waals surface area contributed by atoms with E-state index >= 15 is 0 Å². The largest absolute Gasteiger partial charge is 0.376 e. The second-order valence-electron chi connectivity index (χ2n) is 4.52. The number of halogens is 1. The van der Waals surface area contributed by atoms with Crippen molar-refractivity contribution in [1.82, 2.24) is 0 Å². The van der Waals surface area contributed by atoms with Crippen LogP contribution >= 0.6 is 0 Å². The molecule has 0 aromatic heterocycles. The second-order valence-corrected chi connectivity index (χ2v) is 4.52. The van der Waals surface area contributed by atoms with Gasteiger partial charge in [-0.05, 0) is 30.7 Å². The first-order valence-electron chi connectivity index (χ1n) is 6.22. The summed E-state index contributed by atoms with van der Waals surface area (Å²) in [4.78, 5) is 10.3. The summed E-state index contributed by atoms with van der Waals surface area (Å²) < 4.78 is 13.8. The Balaban J connectivity index is 2.22. The Morgan fingerprint density at radius 3 is 2.71 bits per heavy atom. The predicted octanol–water partition coefficient (Wildman–Crippen LogP) is 3.78. The number of anilines is 1. The van der Waals surface area contributed by atoms with E-state index in [2.05, 4.69) is 5.32 Å². The standard InChI is InChI=1S/C15H12FN3O2/c1-10(12-3-2-4-13(8-12)19(20)21)18-15-6-5-11(9-17)7-14(15)16/h2-8,10,18H,1H3. The Hall–Kier alpha value is -2.94. The van der Waals surface area contributed by atoms with Crippen LogP contribution in [0.15, 0.2) is 42.5 Å². The highest BCUT2D eigenvalue weighted by molar-refractivity contribution is 5.50. The first-order chi connectivity index (χ1) is 10.0. The van der Waals surface area contributed by atoms with Gasteiger partial charge in [0.1, 0.15) is 5.82 Å². The quantitative estimate of drug-likeness (QED) is 0.685. The van der Waals surface area contributed by atoms with Crippen LogP contribution in [0.4, 0.5) is 15.8 Å². The zero-order valence-electron chi connectivity index (χ0n) is 11.2. The van der Waals surface area contributed by atoms with Gasteiger partial charge in [-0.15, -0.1) is 0 Å². The molecule has 1 atom stereocenters. The van der Waals surface area contributed by atoms with Crippen molar-refractivity contribution in [2.45, 2.75) is 13.0 Å². The molecule has 6 heteroatoms. The van der Waals surface area contributed by atoms with E-state index in [1.54, 1.807) is 19.1 Å². The molecule has 1 unspecified atom stereocenters. The lowest BCUT2D eigenvalue weighted by molar-refractivity contribution is -0.384. The monoisotopic (exact) mass is 285 g/mol. The smallest absolute Gasteiger partial charge is 0.269 e. The summed E-state index contributed by atoms with van der Waals surface area (Å²) in [6.45, 7) is 1.77. The number of nitrogens with zero attached hydrogens (tertiary/aromatic N) is 2. The highest BCUT2D eigenvalue weighted by atomic mass is 19.1. The van der Waals surface area contributed by atoms with E-state index in [9.17, 15) is 14.5 Å². The summed E-state index contributed by atoms with van der Waals surface area (Å²) >= 11 is 0. The van der Waals surface area contributed by atoms with E-state index in [0.717, 1.165) is 6.07 Å². The molecule has 0 radical (unpaired) electrons. The molecular formula is C15H12FN3O2. The maximum absolute atomic E-state index is 13.8. The van der Waals surface area contributed by atoms with Gasteiger partial charge in [0.2, 0.25) is 0 Å². The normalized spacial score (nSPS) is 11.5. The number of nitro groups is 1. The third-order valence-corrected chi connectivity index (χ3v) is 3.05. The summed E-state index contributed by atoms with van der Waals surface area (Å²) in [5, 5.41) is 22.4. The molecular weight excluding hydrogens is 273 g/mol. The van der Waals surface area contributed by atoms with Crippen molar-refractivity contribution < 1.29 is 9.31 Å². The summed E-state index contributed by atoms with van der Waals surface area (Å²) in [5.74, 6) is -0.536. The third-order valence-electron chi connectivity index (χ3n) is 3.05. The molecule has 0 spiro atoms. The molecule has 106 valence electrons. The van der Waals surface area contributed by atoms with Crippen LogP contribution in [0.3, 0.4) is 0 Å². The van der Waals surface area contributed by atoms with Crippen molar-refractivity contribution in [2.24, 2.45) is 0 Å². The van der Waals surface area contributed by atoms with Crippen LogP contribution in [-0.2, 0) is 0 Å². The molecule has 0 bridgehead atoms. The lowest BCUT2D eigenvalue weighted by atomic mass is 10.1. The first kappa shape index (κ1) is 14.5. The summed E-state index contributed by atoms with van der Waals surface area (Å²) in [5.41, 5.74) is 1.14. The molecule has 0 aliphatic rings. The van der Waals surface area contributed by atoms with E-state index in [-0.39, 0.29) is 23.0 Å². The van der Waals surface area contributed by atoms with E-state index in [4.69, 9.17) is 5.26 Å². The lowest BCUT2D eigenvalue weighted by Crippen LogP contribution is -2.08. The Morgan fingerprint density at radius 1 is 1.33 bits per heavy atom. The summed E-state index contributed by atoms with van der Waals surface area (Å²) in [7, 11) is 0. The van der Waals surface area contributed by atoms with E-state index < -0.39 is 10.7 Å². The van der Waals surface area contributed by atoms with Gasteiger partial charge in [0, 0.05) is 18.2 Å². The van der Waals surface area contributed by atoms with Crippen LogP contribution in [0.25, 0.3) is 0 Å². The fourth-order valence-electron chi connectivity index (χ4n) is 1.93. The van der Waals surface area contributed by atoms with Crippen molar-refractivity contribution in [2.75, 3.05) is 5.32 Å². The van der Waals surface area contributed by atoms with Crippen molar-refractivity contribution >= 4 is 11.4 Å². The van der Waals surface area contributed by atoms with Crippen LogP contribution in [0.1, 0.15) is 24.1 Å². The molecule has 0 amide bonds. The maximum Gasteiger partial charge on any atom is 0.269 e. The number of nitriles is 1. The van der Waals surface area contributed by atoms with Crippen LogP contribution in [0.2, 0.25) is 0 Å². The molecule has 0 saturated carbocycles. The van der Waals surface area contributed by atoms with Crippen molar-refractivity contribution in [3.05, 3.63) is 69.5 Å². The third kappa shape index (κ3) is 3.34. The number of nitrogens with one attached hydrogen (secondary N) is 1. The summed E-state index contributed by atoms with van der Waals surface area (Å²) in [6.07, 6.45) is 0. The SMILES string of the molecule is CC(Nc1ccc(C#N)cc1F)c1cccc([N+](=O)[O-])c1. The van der Waals surface area contributed by atoms with E-state index in [0.29, 0.717) is 5.56 Å². The number of hydrogen-bond donors (Lipinski definition) is 1. The van der Waals surface area contributed by atoms with Crippen LogP contribution in [0.5, 0.6) is 0 Å². The van der Waals surface area contributed by atoms with Gasteiger partial charge in [-0.3, -0.25) is 10.1 Å². The number of nitro benzene ring substituents is 1. The van der Waals surface area contributed by atoms with Crippen LogP contribution in [0, 0.1) is 27.3 Å². The average Bonchev–Trinajstić information content (AvgIpc) is 2.49. The molecule has 0 heterocycles. The van der Waals surface area contributed by atoms with Crippen molar-refractivity contribution in [3.8, 4) is 6.07 Å². The highest BCUT2D eigenvalue weighted by Crippen LogP contribution is 2.24. The molecule has 5 nitrogen and oxygen atoms in total. The van der Waals surface area contributed by atoms with Gasteiger partial charge in [0.25, 0.3) is 5.69 Å². The Kier molecular flexibility index (Phi) is 4.14. The predicted molar refractivity (Wildman–Crippen MR) is 76.2 cm³/mol. The number of non-ortho nitro benzene ring substituents is 1. The highest BCUT2D eigenvalue weighted by Gasteiger charge is 2.12. The molecule has 2 aromatic carbocycles. The molecule has 0 saturated heterocycles. The van der Waals surface area contributed by atoms with Gasteiger partial charge in [-0.25, -0.2) is 4.39 Å². The molecule has 0 aliphatic heterocycles. The fourth-order valence-corrected chi connectivity index (χ4v) is 1.93. The van der Waals surface area contributed by atoms with E-state index in [1.165, 1.54) is 24.3 Å². The molecule has 21 heavy (non-hydrogen) atoms. The van der Waals surface area contributed by atoms with Gasteiger partial charge in [-0.2, -0.15) is 5.26 Å². The minimum atomic E-state index is -0.536. The Bertz CT molecular complexity index is 725. The Labute approximate surface area is 120 Å². The van der Waals surface area contributed by atoms with Gasteiger partial charge in [0.05, 0.1) is 22.2 Å². The van der Waals surface area contributed by atoms with Gasteiger partial charge in [-0.1, -0.05) is 12.1 Å². The molecule has 2 rings (SSSR count). The van der Waals surface area contributed by atoms with Gasteiger partial charge < -0.3 is 5.32 Å². The van der Waals surface area contributed by atoms with Gasteiger partial charge >= 0.3 is 0 Å². The Morgan fingerprint density at radius 2 is 2.10 bits per heavy atom. The molecule has 2 aromatic rings. The molecule has 0 aliphatic carbocycles. The number of rotatable bonds is 4.